The van der Waals surface area contributed by atoms with E-state index in [0.29, 0.717) is 24.6 Å². The average Bonchev–Trinajstić information content (AvgIpc) is 2.46. The van der Waals surface area contributed by atoms with Crippen molar-refractivity contribution in [3.8, 4) is 0 Å². The fourth-order valence-electron chi connectivity index (χ4n) is 1.64. The summed E-state index contributed by atoms with van der Waals surface area (Å²) in [5.41, 5.74) is 2.82. The van der Waals surface area contributed by atoms with Crippen LogP contribution in [-0.2, 0) is 0 Å². The van der Waals surface area contributed by atoms with Crippen LogP contribution in [0.3, 0.4) is 0 Å². The first-order valence-corrected chi connectivity index (χ1v) is 6.52. The number of rotatable bonds is 5. The lowest BCUT2D eigenvalue weighted by Crippen LogP contribution is -2.29. The summed E-state index contributed by atoms with van der Waals surface area (Å²) in [6.07, 6.45) is 3.50. The van der Waals surface area contributed by atoms with Gasteiger partial charge in [-0.25, -0.2) is 9.97 Å². The summed E-state index contributed by atoms with van der Waals surface area (Å²) < 4.78 is 0. The van der Waals surface area contributed by atoms with Gasteiger partial charge in [0.15, 0.2) is 0 Å². The Kier molecular flexibility index (Phi) is 4.65. The van der Waals surface area contributed by atoms with Crippen LogP contribution < -0.4 is 10.6 Å². The Hall–Kier alpha value is -2.43. The predicted molar refractivity (Wildman–Crippen MR) is 78.8 cm³/mol. The van der Waals surface area contributed by atoms with Gasteiger partial charge >= 0.3 is 0 Å². The normalized spacial score (nSPS) is 10.1. The standard InChI is InChI=1S/C15H18N4O/c1-11-3-5-13(6-4-11)14(20)16-7-8-17-15-18-9-12(2)10-19-15/h3-6,9-10H,7-8H2,1-2H3,(H,16,20)(H,17,18,19). The number of aryl methyl sites for hydroxylation is 2. The molecular formula is C15H18N4O. The molecule has 1 heterocycles. The highest BCUT2D eigenvalue weighted by atomic mass is 16.1. The Morgan fingerprint density at radius 1 is 1.00 bits per heavy atom. The second-order valence-corrected chi connectivity index (χ2v) is 4.63. The molecule has 1 amide bonds. The number of nitrogens with one attached hydrogen (secondary N) is 2. The highest BCUT2D eigenvalue weighted by Gasteiger charge is 2.03. The van der Waals surface area contributed by atoms with Crippen molar-refractivity contribution < 1.29 is 4.79 Å². The Morgan fingerprint density at radius 2 is 1.65 bits per heavy atom. The third-order valence-electron chi connectivity index (χ3n) is 2.79. The largest absolute Gasteiger partial charge is 0.352 e. The van der Waals surface area contributed by atoms with E-state index in [1.54, 1.807) is 12.4 Å². The molecule has 0 saturated carbocycles. The molecule has 0 unspecified atom stereocenters. The zero-order chi connectivity index (χ0) is 14.4. The molecule has 0 saturated heterocycles. The molecule has 0 aliphatic heterocycles. The molecule has 0 spiro atoms. The smallest absolute Gasteiger partial charge is 0.251 e. The van der Waals surface area contributed by atoms with Crippen molar-refractivity contribution in [3.63, 3.8) is 0 Å². The molecule has 1 aromatic carbocycles. The zero-order valence-corrected chi connectivity index (χ0v) is 11.7. The number of hydrogen-bond donors (Lipinski definition) is 2. The topological polar surface area (TPSA) is 66.9 Å². The summed E-state index contributed by atoms with van der Waals surface area (Å²) in [5, 5.41) is 5.89. The van der Waals surface area contributed by atoms with E-state index < -0.39 is 0 Å². The summed E-state index contributed by atoms with van der Waals surface area (Å²) in [7, 11) is 0. The van der Waals surface area contributed by atoms with Crippen LogP contribution in [0.1, 0.15) is 21.5 Å². The monoisotopic (exact) mass is 270 g/mol. The van der Waals surface area contributed by atoms with Gasteiger partial charge in [0.05, 0.1) is 0 Å². The first-order chi connectivity index (χ1) is 9.65. The fraction of sp³-hybridized carbons (Fsp3) is 0.267. The Balaban J connectivity index is 1.74. The zero-order valence-electron chi connectivity index (χ0n) is 11.7. The lowest BCUT2D eigenvalue weighted by molar-refractivity contribution is 0.0955. The van der Waals surface area contributed by atoms with Crippen LogP contribution in [0.5, 0.6) is 0 Å². The summed E-state index contributed by atoms with van der Waals surface area (Å²) in [4.78, 5) is 20.1. The molecule has 2 rings (SSSR count). The maximum Gasteiger partial charge on any atom is 0.251 e. The second-order valence-electron chi connectivity index (χ2n) is 4.63. The molecule has 0 fully saturated rings. The second kappa shape index (κ2) is 6.65. The Bertz CT molecular complexity index is 563. The molecule has 5 nitrogen and oxygen atoms in total. The van der Waals surface area contributed by atoms with Gasteiger partial charge in [0, 0.05) is 31.0 Å². The van der Waals surface area contributed by atoms with Crippen molar-refractivity contribution in [1.29, 1.82) is 0 Å². The van der Waals surface area contributed by atoms with Crippen LogP contribution in [0, 0.1) is 13.8 Å². The van der Waals surface area contributed by atoms with E-state index in [4.69, 9.17) is 0 Å². The van der Waals surface area contributed by atoms with E-state index >= 15 is 0 Å². The fourth-order valence-corrected chi connectivity index (χ4v) is 1.64. The third-order valence-corrected chi connectivity index (χ3v) is 2.79. The van der Waals surface area contributed by atoms with Gasteiger partial charge in [-0.3, -0.25) is 4.79 Å². The van der Waals surface area contributed by atoms with Crippen molar-refractivity contribution in [3.05, 3.63) is 53.3 Å². The summed E-state index contributed by atoms with van der Waals surface area (Å²) in [6, 6.07) is 7.49. The molecule has 20 heavy (non-hydrogen) atoms. The van der Waals surface area contributed by atoms with Crippen molar-refractivity contribution in [1.82, 2.24) is 15.3 Å². The van der Waals surface area contributed by atoms with Crippen LogP contribution in [0.2, 0.25) is 0 Å². The predicted octanol–water partition coefficient (Wildman–Crippen LogP) is 1.94. The number of anilines is 1. The van der Waals surface area contributed by atoms with Crippen molar-refractivity contribution >= 4 is 11.9 Å². The van der Waals surface area contributed by atoms with Crippen molar-refractivity contribution in [2.75, 3.05) is 18.4 Å². The summed E-state index contributed by atoms with van der Waals surface area (Å²) in [6.45, 7) is 5.03. The number of carbonyl (C=O) groups is 1. The van der Waals surface area contributed by atoms with Gasteiger partial charge in [-0.15, -0.1) is 0 Å². The average molecular weight is 270 g/mol. The first-order valence-electron chi connectivity index (χ1n) is 6.52. The van der Waals surface area contributed by atoms with E-state index in [9.17, 15) is 4.79 Å². The SMILES string of the molecule is Cc1ccc(C(=O)NCCNc2ncc(C)cn2)cc1. The van der Waals surface area contributed by atoms with Gasteiger partial charge in [-0.1, -0.05) is 17.7 Å². The number of hydrogen-bond acceptors (Lipinski definition) is 4. The highest BCUT2D eigenvalue weighted by Crippen LogP contribution is 2.02. The molecule has 104 valence electrons. The van der Waals surface area contributed by atoms with E-state index in [1.807, 2.05) is 38.1 Å². The quantitative estimate of drug-likeness (QED) is 0.815. The van der Waals surface area contributed by atoms with Crippen LogP contribution in [0.25, 0.3) is 0 Å². The summed E-state index contributed by atoms with van der Waals surface area (Å²) in [5.74, 6) is 0.497. The molecule has 0 aliphatic carbocycles. The van der Waals surface area contributed by atoms with Crippen LogP contribution >= 0.6 is 0 Å². The van der Waals surface area contributed by atoms with Gasteiger partial charge in [0.2, 0.25) is 5.95 Å². The van der Waals surface area contributed by atoms with Gasteiger partial charge in [0.1, 0.15) is 0 Å². The van der Waals surface area contributed by atoms with Crippen LogP contribution in [-0.4, -0.2) is 29.0 Å². The molecule has 0 bridgehead atoms. The van der Waals surface area contributed by atoms with Gasteiger partial charge in [-0.05, 0) is 31.5 Å². The van der Waals surface area contributed by atoms with Gasteiger partial charge in [0.25, 0.3) is 5.91 Å². The summed E-state index contributed by atoms with van der Waals surface area (Å²) >= 11 is 0. The molecule has 0 aliphatic rings. The Labute approximate surface area is 118 Å². The van der Waals surface area contributed by atoms with E-state index in [2.05, 4.69) is 20.6 Å². The van der Waals surface area contributed by atoms with E-state index in [-0.39, 0.29) is 5.91 Å². The van der Waals surface area contributed by atoms with E-state index in [0.717, 1.165) is 11.1 Å². The molecule has 2 N–H and O–H groups in total. The number of nitrogens with zero attached hydrogens (tertiary/aromatic N) is 2. The lowest BCUT2D eigenvalue weighted by Gasteiger charge is -2.07. The minimum atomic E-state index is -0.0726. The maximum atomic E-state index is 11.8. The first kappa shape index (κ1) is 14.0. The van der Waals surface area contributed by atoms with Crippen molar-refractivity contribution in [2.45, 2.75) is 13.8 Å². The third kappa shape index (κ3) is 4.05. The van der Waals surface area contributed by atoms with Crippen LogP contribution in [0.15, 0.2) is 36.7 Å². The number of amides is 1. The Morgan fingerprint density at radius 3 is 2.30 bits per heavy atom. The van der Waals surface area contributed by atoms with Gasteiger partial charge < -0.3 is 10.6 Å². The van der Waals surface area contributed by atoms with Gasteiger partial charge in [-0.2, -0.15) is 0 Å². The van der Waals surface area contributed by atoms with Crippen LogP contribution in [0.4, 0.5) is 5.95 Å². The number of aromatic nitrogens is 2. The number of carbonyl (C=O) groups excluding carboxylic acids is 1. The molecule has 0 radical (unpaired) electrons. The molecule has 2 aromatic rings. The maximum absolute atomic E-state index is 11.8. The highest BCUT2D eigenvalue weighted by molar-refractivity contribution is 5.94. The van der Waals surface area contributed by atoms with E-state index in [1.165, 1.54) is 0 Å². The molecule has 0 atom stereocenters. The minimum absolute atomic E-state index is 0.0726. The lowest BCUT2D eigenvalue weighted by atomic mass is 10.1. The molecule has 1 aromatic heterocycles. The van der Waals surface area contributed by atoms with Crippen molar-refractivity contribution in [2.24, 2.45) is 0 Å². The molecule has 5 heteroatoms. The molecular weight excluding hydrogens is 252 g/mol. The minimum Gasteiger partial charge on any atom is -0.352 e. The number of benzene rings is 1.